The Labute approximate surface area is 174 Å². The average molecular weight is 472 g/mol. The highest BCUT2D eigenvalue weighted by atomic mass is 35.5. The lowest BCUT2D eigenvalue weighted by molar-refractivity contribution is -0.147. The Kier molecular flexibility index (Phi) is 6.87. The highest BCUT2D eigenvalue weighted by molar-refractivity contribution is 8.00. The number of aromatic nitrogens is 3. The lowest BCUT2D eigenvalue weighted by Gasteiger charge is -2.15. The van der Waals surface area contributed by atoms with Crippen LogP contribution < -0.4 is 5.32 Å². The molecule has 0 aliphatic rings. The standard InChI is InChI=1S/C15H17ClF3N5O3S2/c1-8(28-14-22-21-13(24(14)4)15(17,18)19)12(25)20-9-5-6-10(16)11(7-9)29(26,27)23(2)3/h5-8H,1-4H3,(H,20,25)/t8-/m1/s1. The van der Waals surface area contributed by atoms with E-state index >= 15 is 0 Å². The number of alkyl halides is 3. The molecule has 1 atom stereocenters. The van der Waals surface area contributed by atoms with Crippen molar-refractivity contribution in [1.82, 2.24) is 19.1 Å². The predicted molar refractivity (Wildman–Crippen MR) is 102 cm³/mol. The molecule has 1 amide bonds. The molecule has 0 saturated carbocycles. The van der Waals surface area contributed by atoms with Crippen LogP contribution in [0.5, 0.6) is 0 Å². The number of hydrogen-bond donors (Lipinski definition) is 1. The third kappa shape index (κ3) is 5.21. The molecule has 1 N–H and O–H groups in total. The number of sulfonamides is 1. The lowest BCUT2D eigenvalue weighted by Crippen LogP contribution is -2.24. The quantitative estimate of drug-likeness (QED) is 0.651. The summed E-state index contributed by atoms with van der Waals surface area (Å²) in [4.78, 5) is 12.2. The number of anilines is 1. The third-order valence-electron chi connectivity index (χ3n) is 3.70. The van der Waals surface area contributed by atoms with Crippen LogP contribution in [0.15, 0.2) is 28.3 Å². The van der Waals surface area contributed by atoms with Crippen molar-refractivity contribution in [3.63, 3.8) is 0 Å². The first kappa shape index (κ1) is 23.4. The van der Waals surface area contributed by atoms with E-state index in [-0.39, 0.29) is 20.8 Å². The zero-order chi connectivity index (χ0) is 22.1. The average Bonchev–Trinajstić information content (AvgIpc) is 2.97. The monoisotopic (exact) mass is 471 g/mol. The first-order valence-electron chi connectivity index (χ1n) is 7.91. The number of benzene rings is 1. The number of thioether (sulfide) groups is 1. The first-order valence-corrected chi connectivity index (χ1v) is 10.6. The molecule has 8 nitrogen and oxygen atoms in total. The molecule has 0 bridgehead atoms. The lowest BCUT2D eigenvalue weighted by atomic mass is 10.3. The maximum absolute atomic E-state index is 12.8. The number of halogens is 4. The smallest absolute Gasteiger partial charge is 0.325 e. The highest BCUT2D eigenvalue weighted by Gasteiger charge is 2.38. The van der Waals surface area contributed by atoms with E-state index in [2.05, 4.69) is 15.5 Å². The molecule has 2 rings (SSSR count). The van der Waals surface area contributed by atoms with Crippen LogP contribution in [-0.2, 0) is 28.0 Å². The second-order valence-corrected chi connectivity index (χ2v) is 9.88. The molecule has 0 spiro atoms. The number of nitrogens with zero attached hydrogens (tertiary/aromatic N) is 4. The molecular weight excluding hydrogens is 455 g/mol. The summed E-state index contributed by atoms with van der Waals surface area (Å²) in [6.45, 7) is 1.47. The molecule has 0 fully saturated rings. The van der Waals surface area contributed by atoms with E-state index in [0.717, 1.165) is 27.7 Å². The third-order valence-corrected chi connectivity index (χ3v) is 7.13. The van der Waals surface area contributed by atoms with Crippen molar-refractivity contribution < 1.29 is 26.4 Å². The SMILES string of the molecule is C[C@@H](Sc1nnc(C(F)(F)F)n1C)C(=O)Nc1ccc(Cl)c(S(=O)(=O)N(C)C)c1. The molecule has 1 aromatic carbocycles. The van der Waals surface area contributed by atoms with E-state index in [0.29, 0.717) is 0 Å². The Bertz CT molecular complexity index is 1020. The Morgan fingerprint density at radius 1 is 1.31 bits per heavy atom. The van der Waals surface area contributed by atoms with E-state index in [1.807, 2.05) is 0 Å². The summed E-state index contributed by atoms with van der Waals surface area (Å²) in [5.41, 5.74) is 0.168. The number of carbonyl (C=O) groups excluding carboxylic acids is 1. The summed E-state index contributed by atoms with van der Waals surface area (Å²) in [5.74, 6) is -1.74. The topological polar surface area (TPSA) is 97.2 Å². The van der Waals surface area contributed by atoms with Crippen molar-refractivity contribution in [2.24, 2.45) is 7.05 Å². The number of nitrogens with one attached hydrogen (secondary N) is 1. The second-order valence-electron chi connectivity index (χ2n) is 6.04. The Balaban J connectivity index is 2.18. The van der Waals surface area contributed by atoms with Crippen LogP contribution in [0.4, 0.5) is 18.9 Å². The highest BCUT2D eigenvalue weighted by Crippen LogP contribution is 2.31. The fourth-order valence-corrected chi connectivity index (χ4v) is 4.30. The van der Waals surface area contributed by atoms with Crippen LogP contribution >= 0.6 is 23.4 Å². The minimum absolute atomic E-state index is 0.0158. The number of hydrogen-bond acceptors (Lipinski definition) is 6. The van der Waals surface area contributed by atoms with Crippen LogP contribution in [0.2, 0.25) is 5.02 Å². The molecule has 160 valence electrons. The summed E-state index contributed by atoms with van der Waals surface area (Å²) in [6, 6.07) is 3.94. The van der Waals surface area contributed by atoms with Crippen molar-refractivity contribution in [1.29, 1.82) is 0 Å². The van der Waals surface area contributed by atoms with Crippen molar-refractivity contribution in [2.75, 3.05) is 19.4 Å². The molecule has 1 aromatic heterocycles. The van der Waals surface area contributed by atoms with E-state index in [1.165, 1.54) is 39.2 Å². The van der Waals surface area contributed by atoms with Gasteiger partial charge in [0.05, 0.1) is 10.3 Å². The van der Waals surface area contributed by atoms with Crippen LogP contribution in [-0.4, -0.2) is 52.7 Å². The largest absolute Gasteiger partial charge is 0.451 e. The molecule has 2 aromatic rings. The second kappa shape index (κ2) is 8.50. The summed E-state index contributed by atoms with van der Waals surface area (Å²) >= 11 is 6.73. The molecule has 0 aliphatic carbocycles. The first-order chi connectivity index (χ1) is 13.2. The maximum atomic E-state index is 12.8. The fraction of sp³-hybridized carbons (Fsp3) is 0.400. The number of rotatable bonds is 6. The molecular formula is C15H17ClF3N5O3S2. The van der Waals surface area contributed by atoms with E-state index in [9.17, 15) is 26.4 Å². The van der Waals surface area contributed by atoms with Crippen LogP contribution in [0.25, 0.3) is 0 Å². The Morgan fingerprint density at radius 3 is 2.45 bits per heavy atom. The van der Waals surface area contributed by atoms with Gasteiger partial charge < -0.3 is 9.88 Å². The van der Waals surface area contributed by atoms with Gasteiger partial charge in [0.1, 0.15) is 4.90 Å². The Hall–Kier alpha value is -1.83. The Morgan fingerprint density at radius 2 is 1.93 bits per heavy atom. The maximum Gasteiger partial charge on any atom is 0.451 e. The van der Waals surface area contributed by atoms with Crippen LogP contribution in [0, 0.1) is 0 Å². The van der Waals surface area contributed by atoms with Gasteiger partial charge in [-0.1, -0.05) is 23.4 Å². The number of carbonyl (C=O) groups is 1. The fourth-order valence-electron chi connectivity index (χ4n) is 2.10. The van der Waals surface area contributed by atoms with Crippen molar-refractivity contribution >= 4 is 45.0 Å². The van der Waals surface area contributed by atoms with E-state index in [4.69, 9.17) is 11.6 Å². The molecule has 0 unspecified atom stereocenters. The summed E-state index contributed by atoms with van der Waals surface area (Å²) in [5, 5.41) is 8.13. The van der Waals surface area contributed by atoms with Crippen LogP contribution in [0.1, 0.15) is 12.7 Å². The molecule has 0 radical (unpaired) electrons. The predicted octanol–water partition coefficient (Wildman–Crippen LogP) is 2.86. The summed E-state index contributed by atoms with van der Waals surface area (Å²) in [7, 11) is -0.0105. The van der Waals surface area contributed by atoms with Gasteiger partial charge in [0.2, 0.25) is 21.8 Å². The van der Waals surface area contributed by atoms with Gasteiger partial charge in [-0.2, -0.15) is 13.2 Å². The van der Waals surface area contributed by atoms with Gasteiger partial charge in [-0.15, -0.1) is 10.2 Å². The van der Waals surface area contributed by atoms with Gasteiger partial charge in [0.15, 0.2) is 5.16 Å². The molecule has 0 aliphatic heterocycles. The molecule has 29 heavy (non-hydrogen) atoms. The van der Waals surface area contributed by atoms with Gasteiger partial charge in [-0.25, -0.2) is 12.7 Å². The minimum Gasteiger partial charge on any atom is -0.325 e. The van der Waals surface area contributed by atoms with Crippen molar-refractivity contribution in [2.45, 2.75) is 28.4 Å². The van der Waals surface area contributed by atoms with Crippen LogP contribution in [0.3, 0.4) is 0 Å². The van der Waals surface area contributed by atoms with E-state index in [1.54, 1.807) is 0 Å². The molecule has 1 heterocycles. The summed E-state index contributed by atoms with van der Waals surface area (Å²) in [6.07, 6.45) is -4.66. The van der Waals surface area contributed by atoms with Crippen molar-refractivity contribution in [3.8, 4) is 0 Å². The van der Waals surface area contributed by atoms with Gasteiger partial charge in [-0.05, 0) is 25.1 Å². The normalized spacial score (nSPS) is 13.6. The van der Waals surface area contributed by atoms with Crippen molar-refractivity contribution in [3.05, 3.63) is 29.0 Å². The zero-order valence-corrected chi connectivity index (χ0v) is 18.0. The van der Waals surface area contributed by atoms with Gasteiger partial charge in [0.25, 0.3) is 0 Å². The number of amides is 1. The van der Waals surface area contributed by atoms with E-state index < -0.39 is 33.2 Å². The van der Waals surface area contributed by atoms with Gasteiger partial charge in [0, 0.05) is 26.8 Å². The summed E-state index contributed by atoms with van der Waals surface area (Å²) < 4.78 is 64.7. The van der Waals surface area contributed by atoms with Gasteiger partial charge >= 0.3 is 6.18 Å². The minimum atomic E-state index is -4.66. The molecule has 0 saturated heterocycles. The molecule has 14 heteroatoms. The zero-order valence-electron chi connectivity index (χ0n) is 15.7. The van der Waals surface area contributed by atoms with Gasteiger partial charge in [-0.3, -0.25) is 4.79 Å².